The molecule has 0 saturated carbocycles. The first-order chi connectivity index (χ1) is 14.2. The summed E-state index contributed by atoms with van der Waals surface area (Å²) in [6, 6.07) is 27.9. The summed E-state index contributed by atoms with van der Waals surface area (Å²) in [5.41, 5.74) is 2.53. The summed E-state index contributed by atoms with van der Waals surface area (Å²) < 4.78 is 15.8. The van der Waals surface area contributed by atoms with Crippen molar-refractivity contribution >= 4 is 12.1 Å². The van der Waals surface area contributed by atoms with Crippen LogP contribution in [0.3, 0.4) is 0 Å². The fourth-order valence-corrected chi connectivity index (χ4v) is 2.69. The molecule has 0 saturated heterocycles. The molecule has 0 aromatic heterocycles. The van der Waals surface area contributed by atoms with Gasteiger partial charge in [-0.15, -0.1) is 0 Å². The fraction of sp³-hybridized carbons (Fsp3) is 0.167. The van der Waals surface area contributed by atoms with Gasteiger partial charge in [0.1, 0.15) is 13.2 Å². The Morgan fingerprint density at radius 1 is 0.621 bits per heavy atom. The van der Waals surface area contributed by atoms with Gasteiger partial charge in [-0.1, -0.05) is 91.0 Å². The molecule has 3 aromatic rings. The molecule has 0 heterocycles. The highest BCUT2D eigenvalue weighted by molar-refractivity contribution is 5.78. The van der Waals surface area contributed by atoms with Crippen molar-refractivity contribution in [1.82, 2.24) is 0 Å². The zero-order chi connectivity index (χ0) is 20.3. The molecule has 1 unspecified atom stereocenters. The van der Waals surface area contributed by atoms with Crippen molar-refractivity contribution in [2.75, 3.05) is 0 Å². The van der Waals surface area contributed by atoms with Crippen LogP contribution in [0.4, 0.5) is 4.79 Å². The number of hydrogen-bond acceptors (Lipinski definition) is 5. The van der Waals surface area contributed by atoms with Crippen molar-refractivity contribution in [2.45, 2.75) is 25.7 Å². The number of ether oxygens (including phenoxy) is 3. The maximum atomic E-state index is 12.6. The SMILES string of the molecule is O=C(OCc1ccccc1)OC(Cc1ccccc1)C(=O)OCc1ccccc1. The zero-order valence-electron chi connectivity index (χ0n) is 15.9. The molecule has 0 aliphatic carbocycles. The summed E-state index contributed by atoms with van der Waals surface area (Å²) in [4.78, 5) is 24.7. The molecule has 0 aliphatic heterocycles. The second-order valence-corrected chi connectivity index (χ2v) is 6.41. The third kappa shape index (κ3) is 6.81. The second kappa shape index (κ2) is 10.7. The van der Waals surface area contributed by atoms with E-state index >= 15 is 0 Å². The van der Waals surface area contributed by atoms with E-state index in [-0.39, 0.29) is 19.6 Å². The molecule has 29 heavy (non-hydrogen) atoms. The Morgan fingerprint density at radius 2 is 1.07 bits per heavy atom. The lowest BCUT2D eigenvalue weighted by molar-refractivity contribution is -0.156. The van der Waals surface area contributed by atoms with Crippen molar-refractivity contribution in [1.29, 1.82) is 0 Å². The van der Waals surface area contributed by atoms with Crippen LogP contribution in [-0.4, -0.2) is 18.2 Å². The molecule has 5 heteroatoms. The third-order valence-corrected chi connectivity index (χ3v) is 4.19. The van der Waals surface area contributed by atoms with Crippen LogP contribution >= 0.6 is 0 Å². The second-order valence-electron chi connectivity index (χ2n) is 6.41. The Hall–Kier alpha value is -3.60. The molecule has 148 valence electrons. The first-order valence-electron chi connectivity index (χ1n) is 9.32. The highest BCUT2D eigenvalue weighted by Crippen LogP contribution is 2.12. The van der Waals surface area contributed by atoms with Crippen LogP contribution in [0.15, 0.2) is 91.0 Å². The monoisotopic (exact) mass is 390 g/mol. The van der Waals surface area contributed by atoms with Crippen LogP contribution in [-0.2, 0) is 38.6 Å². The fourth-order valence-electron chi connectivity index (χ4n) is 2.69. The van der Waals surface area contributed by atoms with Gasteiger partial charge in [-0.05, 0) is 16.7 Å². The zero-order valence-corrected chi connectivity index (χ0v) is 15.9. The molecule has 3 aromatic carbocycles. The molecule has 0 fully saturated rings. The highest BCUT2D eigenvalue weighted by Gasteiger charge is 2.26. The van der Waals surface area contributed by atoms with Crippen LogP contribution in [0.5, 0.6) is 0 Å². The van der Waals surface area contributed by atoms with Crippen molar-refractivity contribution in [2.24, 2.45) is 0 Å². The molecule has 1 atom stereocenters. The third-order valence-electron chi connectivity index (χ3n) is 4.19. The van der Waals surface area contributed by atoms with Crippen molar-refractivity contribution in [3.05, 3.63) is 108 Å². The quantitative estimate of drug-likeness (QED) is 0.522. The van der Waals surface area contributed by atoms with Gasteiger partial charge < -0.3 is 14.2 Å². The number of esters is 1. The topological polar surface area (TPSA) is 61.8 Å². The smallest absolute Gasteiger partial charge is 0.458 e. The van der Waals surface area contributed by atoms with Gasteiger partial charge in [0.2, 0.25) is 6.10 Å². The average Bonchev–Trinajstić information content (AvgIpc) is 2.78. The minimum absolute atomic E-state index is 0.0663. The summed E-state index contributed by atoms with van der Waals surface area (Å²) in [5.74, 6) is -0.616. The maximum Gasteiger partial charge on any atom is 0.509 e. The van der Waals surface area contributed by atoms with Crippen LogP contribution in [0.1, 0.15) is 16.7 Å². The van der Waals surface area contributed by atoms with Gasteiger partial charge >= 0.3 is 12.1 Å². The van der Waals surface area contributed by atoms with E-state index in [1.807, 2.05) is 91.0 Å². The average molecular weight is 390 g/mol. The van der Waals surface area contributed by atoms with E-state index < -0.39 is 18.2 Å². The van der Waals surface area contributed by atoms with Crippen LogP contribution in [0, 0.1) is 0 Å². The Kier molecular flexibility index (Phi) is 7.41. The summed E-state index contributed by atoms with van der Waals surface area (Å²) in [6.07, 6.45) is -1.80. The summed E-state index contributed by atoms with van der Waals surface area (Å²) >= 11 is 0. The van der Waals surface area contributed by atoms with E-state index in [1.165, 1.54) is 0 Å². The highest BCUT2D eigenvalue weighted by atomic mass is 16.7. The van der Waals surface area contributed by atoms with Gasteiger partial charge in [-0.3, -0.25) is 0 Å². The predicted octanol–water partition coefficient (Wildman–Crippen LogP) is 4.69. The Labute approximate surface area is 169 Å². The predicted molar refractivity (Wildman–Crippen MR) is 108 cm³/mol. The van der Waals surface area contributed by atoms with Gasteiger partial charge in [0, 0.05) is 6.42 Å². The summed E-state index contributed by atoms with van der Waals surface area (Å²) in [5, 5.41) is 0. The van der Waals surface area contributed by atoms with E-state index in [4.69, 9.17) is 14.2 Å². The number of carbonyl (C=O) groups excluding carboxylic acids is 2. The lowest BCUT2D eigenvalue weighted by atomic mass is 10.1. The Bertz CT molecular complexity index is 894. The summed E-state index contributed by atoms with van der Waals surface area (Å²) in [7, 11) is 0. The molecule has 0 N–H and O–H groups in total. The minimum Gasteiger partial charge on any atom is -0.458 e. The summed E-state index contributed by atoms with van der Waals surface area (Å²) in [6.45, 7) is 0.171. The molecule has 5 nitrogen and oxygen atoms in total. The van der Waals surface area contributed by atoms with Crippen molar-refractivity contribution in [3.63, 3.8) is 0 Å². The maximum absolute atomic E-state index is 12.6. The van der Waals surface area contributed by atoms with Gasteiger partial charge in [-0.25, -0.2) is 9.59 Å². The van der Waals surface area contributed by atoms with Crippen molar-refractivity contribution in [3.8, 4) is 0 Å². The molecule has 0 aliphatic rings. The Balaban J connectivity index is 1.60. The standard InChI is InChI=1S/C24H22O5/c25-23(27-17-20-12-6-2-7-13-20)22(16-19-10-4-1-5-11-19)29-24(26)28-18-21-14-8-3-9-15-21/h1-15,22H,16-18H2. The van der Waals surface area contributed by atoms with E-state index in [2.05, 4.69) is 0 Å². The molecular weight excluding hydrogens is 368 g/mol. The normalized spacial score (nSPS) is 11.3. The molecule has 0 amide bonds. The van der Waals surface area contributed by atoms with Crippen LogP contribution < -0.4 is 0 Å². The largest absolute Gasteiger partial charge is 0.509 e. The lowest BCUT2D eigenvalue weighted by Crippen LogP contribution is -2.31. The molecular formula is C24H22O5. The van der Waals surface area contributed by atoms with E-state index in [0.29, 0.717) is 0 Å². The number of hydrogen-bond donors (Lipinski definition) is 0. The number of benzene rings is 3. The van der Waals surface area contributed by atoms with Gasteiger partial charge in [0.15, 0.2) is 0 Å². The van der Waals surface area contributed by atoms with E-state index in [1.54, 1.807) is 0 Å². The van der Waals surface area contributed by atoms with Crippen LogP contribution in [0.2, 0.25) is 0 Å². The molecule has 0 radical (unpaired) electrons. The van der Waals surface area contributed by atoms with Gasteiger partial charge in [0.05, 0.1) is 0 Å². The first kappa shape index (κ1) is 20.1. The van der Waals surface area contributed by atoms with Crippen molar-refractivity contribution < 1.29 is 23.8 Å². The molecule has 0 bridgehead atoms. The number of carbonyl (C=O) groups is 2. The number of rotatable bonds is 8. The van der Waals surface area contributed by atoms with E-state index in [9.17, 15) is 9.59 Å². The van der Waals surface area contributed by atoms with Gasteiger partial charge in [0.25, 0.3) is 0 Å². The lowest BCUT2D eigenvalue weighted by Gasteiger charge is -2.17. The molecule has 3 rings (SSSR count). The van der Waals surface area contributed by atoms with Gasteiger partial charge in [-0.2, -0.15) is 0 Å². The van der Waals surface area contributed by atoms with E-state index in [0.717, 1.165) is 16.7 Å². The first-order valence-corrected chi connectivity index (χ1v) is 9.32. The minimum atomic E-state index is -1.09. The Morgan fingerprint density at radius 3 is 1.59 bits per heavy atom. The van der Waals surface area contributed by atoms with Crippen LogP contribution in [0.25, 0.3) is 0 Å². The molecule has 0 spiro atoms.